The monoisotopic (exact) mass is 288 g/mol. The first-order valence-corrected chi connectivity index (χ1v) is 7.18. The molecule has 0 bridgehead atoms. The molecule has 0 aliphatic heterocycles. The van der Waals surface area contributed by atoms with Crippen LogP contribution in [0.1, 0.15) is 24.0 Å². The second-order valence-electron chi connectivity index (χ2n) is 4.88. The van der Waals surface area contributed by atoms with Crippen LogP contribution in [0, 0.1) is 13.8 Å². The van der Waals surface area contributed by atoms with E-state index < -0.39 is 0 Å². The highest BCUT2D eigenvalue weighted by Crippen LogP contribution is 2.21. The topological polar surface area (TPSA) is 49.7 Å². The van der Waals surface area contributed by atoms with Gasteiger partial charge in [-0.05, 0) is 51.0 Å². The quantitative estimate of drug-likeness (QED) is 0.822. The summed E-state index contributed by atoms with van der Waals surface area (Å²) < 4.78 is 5.69. The summed E-state index contributed by atoms with van der Waals surface area (Å²) in [5, 5.41) is 16.2. The largest absolute Gasteiger partial charge is 0.457 e. The Morgan fingerprint density at radius 2 is 1.00 bits per heavy atom. The summed E-state index contributed by atoms with van der Waals surface area (Å²) >= 11 is 0. The van der Waals surface area contributed by atoms with Crippen LogP contribution in [0.5, 0.6) is 11.5 Å². The van der Waals surface area contributed by atoms with Gasteiger partial charge in [-0.15, -0.1) is 0 Å². The van der Waals surface area contributed by atoms with Gasteiger partial charge in [0, 0.05) is 13.2 Å². The van der Waals surface area contributed by atoms with E-state index in [1.807, 2.05) is 48.5 Å². The summed E-state index contributed by atoms with van der Waals surface area (Å²) in [5.74, 6) is 1.76. The van der Waals surface area contributed by atoms with Gasteiger partial charge < -0.3 is 14.9 Å². The fraction of sp³-hybridized carbons (Fsp3) is 0.333. The van der Waals surface area contributed by atoms with E-state index in [0.717, 1.165) is 24.3 Å². The Kier molecular flexibility index (Phi) is 8.17. The third kappa shape index (κ3) is 7.49. The van der Waals surface area contributed by atoms with Crippen molar-refractivity contribution >= 4 is 0 Å². The lowest BCUT2D eigenvalue weighted by Gasteiger charge is -2.05. The summed E-state index contributed by atoms with van der Waals surface area (Å²) in [6, 6.07) is 16.1. The van der Waals surface area contributed by atoms with Gasteiger partial charge >= 0.3 is 0 Å². The molecule has 0 unspecified atom stereocenters. The van der Waals surface area contributed by atoms with E-state index in [-0.39, 0.29) is 13.2 Å². The smallest absolute Gasteiger partial charge is 0.127 e. The molecule has 0 aromatic heterocycles. The normalized spacial score (nSPS) is 9.71. The predicted octanol–water partition coefficient (Wildman–Crippen LogP) is 3.85. The SMILES string of the molecule is Cc1ccc(Oc2ccc(C)cc2)cc1.OCCCCO. The molecule has 3 heteroatoms. The number of hydrogen-bond acceptors (Lipinski definition) is 3. The van der Waals surface area contributed by atoms with Crippen LogP contribution in [0.25, 0.3) is 0 Å². The second-order valence-corrected chi connectivity index (χ2v) is 4.88. The van der Waals surface area contributed by atoms with E-state index in [4.69, 9.17) is 14.9 Å². The average molecular weight is 288 g/mol. The third-order valence-electron chi connectivity index (χ3n) is 2.84. The lowest BCUT2D eigenvalue weighted by atomic mass is 10.2. The summed E-state index contributed by atoms with van der Waals surface area (Å²) in [6.07, 6.45) is 1.44. The first-order valence-electron chi connectivity index (χ1n) is 7.18. The van der Waals surface area contributed by atoms with E-state index in [1.54, 1.807) is 0 Å². The maximum atomic E-state index is 8.09. The molecule has 21 heavy (non-hydrogen) atoms. The molecular formula is C18H24O3. The molecule has 0 saturated heterocycles. The van der Waals surface area contributed by atoms with Crippen LogP contribution < -0.4 is 4.74 Å². The molecule has 2 aromatic carbocycles. The molecule has 0 atom stereocenters. The van der Waals surface area contributed by atoms with E-state index in [0.29, 0.717) is 0 Å². The first kappa shape index (κ1) is 17.2. The van der Waals surface area contributed by atoms with Gasteiger partial charge in [-0.1, -0.05) is 35.4 Å². The van der Waals surface area contributed by atoms with Crippen LogP contribution in [-0.2, 0) is 0 Å². The van der Waals surface area contributed by atoms with Crippen LogP contribution in [0.2, 0.25) is 0 Å². The standard InChI is InChI=1S/C14H14O.C4H10O2/c1-11-3-7-13(8-4-11)15-14-9-5-12(2)6-10-14;5-3-1-2-4-6/h3-10H,1-2H3;5-6H,1-4H2. The van der Waals surface area contributed by atoms with Crippen molar-refractivity contribution in [1.29, 1.82) is 0 Å². The molecule has 2 rings (SSSR count). The van der Waals surface area contributed by atoms with Gasteiger partial charge in [0.2, 0.25) is 0 Å². The van der Waals surface area contributed by atoms with Crippen molar-refractivity contribution in [2.24, 2.45) is 0 Å². The molecule has 0 saturated carbocycles. The molecule has 2 aromatic rings. The fourth-order valence-corrected chi connectivity index (χ4v) is 1.57. The summed E-state index contributed by atoms with van der Waals surface area (Å²) in [6.45, 7) is 4.52. The highest BCUT2D eigenvalue weighted by atomic mass is 16.5. The summed E-state index contributed by atoms with van der Waals surface area (Å²) in [5.41, 5.74) is 2.48. The number of benzene rings is 2. The fourth-order valence-electron chi connectivity index (χ4n) is 1.57. The van der Waals surface area contributed by atoms with Gasteiger partial charge in [0.1, 0.15) is 11.5 Å². The molecule has 3 nitrogen and oxygen atoms in total. The Hall–Kier alpha value is -1.84. The number of ether oxygens (including phenoxy) is 1. The van der Waals surface area contributed by atoms with Gasteiger partial charge in [0.25, 0.3) is 0 Å². The van der Waals surface area contributed by atoms with Gasteiger partial charge in [-0.25, -0.2) is 0 Å². The van der Waals surface area contributed by atoms with E-state index >= 15 is 0 Å². The highest BCUT2D eigenvalue weighted by molar-refractivity contribution is 5.33. The van der Waals surface area contributed by atoms with Gasteiger partial charge in [-0.3, -0.25) is 0 Å². The van der Waals surface area contributed by atoms with Crippen molar-refractivity contribution in [2.75, 3.05) is 13.2 Å². The van der Waals surface area contributed by atoms with Crippen LogP contribution in [0.4, 0.5) is 0 Å². The zero-order chi connectivity index (χ0) is 15.5. The molecule has 114 valence electrons. The molecular weight excluding hydrogens is 264 g/mol. The molecule has 0 amide bonds. The van der Waals surface area contributed by atoms with E-state index in [1.165, 1.54) is 11.1 Å². The van der Waals surface area contributed by atoms with Crippen LogP contribution in [-0.4, -0.2) is 23.4 Å². The minimum Gasteiger partial charge on any atom is -0.457 e. The van der Waals surface area contributed by atoms with Gasteiger partial charge in [0.15, 0.2) is 0 Å². The Morgan fingerprint density at radius 3 is 1.29 bits per heavy atom. The molecule has 0 radical (unpaired) electrons. The van der Waals surface area contributed by atoms with Crippen LogP contribution in [0.15, 0.2) is 48.5 Å². The molecule has 0 aliphatic rings. The van der Waals surface area contributed by atoms with Crippen molar-refractivity contribution in [3.05, 3.63) is 59.7 Å². The number of rotatable bonds is 5. The third-order valence-corrected chi connectivity index (χ3v) is 2.84. The van der Waals surface area contributed by atoms with Crippen molar-refractivity contribution in [3.63, 3.8) is 0 Å². The van der Waals surface area contributed by atoms with Crippen molar-refractivity contribution in [3.8, 4) is 11.5 Å². The molecule has 0 heterocycles. The van der Waals surface area contributed by atoms with Gasteiger partial charge in [0.05, 0.1) is 0 Å². The number of aliphatic hydroxyl groups excluding tert-OH is 2. The zero-order valence-corrected chi connectivity index (χ0v) is 12.7. The van der Waals surface area contributed by atoms with Crippen LogP contribution in [0.3, 0.4) is 0 Å². The van der Waals surface area contributed by atoms with Gasteiger partial charge in [-0.2, -0.15) is 0 Å². The lowest BCUT2D eigenvalue weighted by Crippen LogP contribution is -1.85. The van der Waals surface area contributed by atoms with E-state index in [9.17, 15) is 0 Å². The van der Waals surface area contributed by atoms with Crippen molar-refractivity contribution in [1.82, 2.24) is 0 Å². The minimum absolute atomic E-state index is 0.195. The molecule has 0 aliphatic carbocycles. The Labute approximate surface area is 126 Å². The average Bonchev–Trinajstić information content (AvgIpc) is 2.50. The number of aryl methyl sites for hydroxylation is 2. The molecule has 0 fully saturated rings. The minimum atomic E-state index is 0.195. The van der Waals surface area contributed by atoms with Crippen LogP contribution >= 0.6 is 0 Å². The zero-order valence-electron chi connectivity index (χ0n) is 12.7. The molecule has 0 spiro atoms. The summed E-state index contributed by atoms with van der Waals surface area (Å²) in [4.78, 5) is 0. The first-order chi connectivity index (χ1) is 10.2. The maximum absolute atomic E-state index is 8.09. The number of unbranched alkanes of at least 4 members (excludes halogenated alkanes) is 1. The second kappa shape index (κ2) is 9.97. The number of hydrogen-bond donors (Lipinski definition) is 2. The Balaban J connectivity index is 0.000000315. The predicted molar refractivity (Wildman–Crippen MR) is 85.8 cm³/mol. The van der Waals surface area contributed by atoms with Crippen molar-refractivity contribution in [2.45, 2.75) is 26.7 Å². The van der Waals surface area contributed by atoms with Crippen molar-refractivity contribution < 1.29 is 14.9 Å². The lowest BCUT2D eigenvalue weighted by molar-refractivity contribution is 0.242. The Bertz CT molecular complexity index is 441. The number of aliphatic hydroxyl groups is 2. The highest BCUT2D eigenvalue weighted by Gasteiger charge is 1.95. The molecule has 2 N–H and O–H groups in total. The summed E-state index contributed by atoms with van der Waals surface area (Å²) in [7, 11) is 0. The maximum Gasteiger partial charge on any atom is 0.127 e. The Morgan fingerprint density at radius 1 is 0.667 bits per heavy atom. The van der Waals surface area contributed by atoms with E-state index in [2.05, 4.69) is 13.8 Å².